The van der Waals surface area contributed by atoms with Crippen LogP contribution < -0.4 is 15.8 Å². The van der Waals surface area contributed by atoms with Gasteiger partial charge in [0, 0.05) is 16.7 Å². The lowest BCUT2D eigenvalue weighted by atomic mass is 10.2. The van der Waals surface area contributed by atoms with Crippen LogP contribution in [0.1, 0.15) is 5.56 Å². The van der Waals surface area contributed by atoms with Crippen LogP contribution in [-0.2, 0) is 5.75 Å². The quantitative estimate of drug-likeness (QED) is 0.358. The van der Waals surface area contributed by atoms with Crippen molar-refractivity contribution >= 4 is 44.8 Å². The standard InChI is InChI=1S/C20H18BrFN2OS/c1-25-20-10-15(21)16(22)11-19(20)24-18-8-7-14(9-17(18)23)26-12-13-5-3-2-4-6-13/h2-11,24H,12,23H2,1H3. The number of methoxy groups -OCH3 is 1. The van der Waals surface area contributed by atoms with Crippen molar-refractivity contribution in [2.45, 2.75) is 10.6 Å². The summed E-state index contributed by atoms with van der Waals surface area (Å²) >= 11 is 4.87. The number of halogens is 2. The number of hydrogen-bond acceptors (Lipinski definition) is 4. The van der Waals surface area contributed by atoms with E-state index in [-0.39, 0.29) is 5.82 Å². The summed E-state index contributed by atoms with van der Waals surface area (Å²) in [5, 5.41) is 3.14. The van der Waals surface area contributed by atoms with E-state index in [0.29, 0.717) is 27.3 Å². The van der Waals surface area contributed by atoms with E-state index in [1.165, 1.54) is 18.7 Å². The first-order valence-corrected chi connectivity index (χ1v) is 9.71. The summed E-state index contributed by atoms with van der Waals surface area (Å²) in [6, 6.07) is 19.0. The van der Waals surface area contributed by atoms with Gasteiger partial charge < -0.3 is 15.8 Å². The molecule has 134 valence electrons. The average molecular weight is 433 g/mol. The molecule has 0 saturated heterocycles. The van der Waals surface area contributed by atoms with Crippen molar-refractivity contribution in [3.8, 4) is 5.75 Å². The zero-order valence-corrected chi connectivity index (χ0v) is 16.5. The van der Waals surface area contributed by atoms with E-state index in [1.807, 2.05) is 36.4 Å². The van der Waals surface area contributed by atoms with E-state index >= 15 is 0 Å². The zero-order valence-electron chi connectivity index (χ0n) is 14.1. The topological polar surface area (TPSA) is 47.3 Å². The van der Waals surface area contributed by atoms with Gasteiger partial charge in [-0.25, -0.2) is 4.39 Å². The number of nitrogens with two attached hydrogens (primary N) is 1. The van der Waals surface area contributed by atoms with Crippen molar-refractivity contribution in [1.82, 2.24) is 0 Å². The fourth-order valence-electron chi connectivity index (χ4n) is 2.43. The van der Waals surface area contributed by atoms with Crippen molar-refractivity contribution in [3.63, 3.8) is 0 Å². The van der Waals surface area contributed by atoms with Gasteiger partial charge in [0.25, 0.3) is 0 Å². The maximum Gasteiger partial charge on any atom is 0.143 e. The summed E-state index contributed by atoms with van der Waals surface area (Å²) in [4.78, 5) is 1.07. The average Bonchev–Trinajstić information content (AvgIpc) is 2.65. The molecular formula is C20H18BrFN2OS. The van der Waals surface area contributed by atoms with Crippen LogP contribution >= 0.6 is 27.7 Å². The minimum Gasteiger partial charge on any atom is -0.495 e. The highest BCUT2D eigenvalue weighted by Gasteiger charge is 2.11. The van der Waals surface area contributed by atoms with E-state index < -0.39 is 0 Å². The molecule has 3 N–H and O–H groups in total. The molecule has 0 saturated carbocycles. The highest BCUT2D eigenvalue weighted by atomic mass is 79.9. The van der Waals surface area contributed by atoms with Crippen LogP contribution in [0.4, 0.5) is 21.5 Å². The van der Waals surface area contributed by atoms with Crippen molar-refractivity contribution in [2.24, 2.45) is 0 Å². The van der Waals surface area contributed by atoms with Gasteiger partial charge in [0.2, 0.25) is 0 Å². The number of hydrogen-bond donors (Lipinski definition) is 2. The molecule has 0 radical (unpaired) electrons. The van der Waals surface area contributed by atoms with E-state index in [0.717, 1.165) is 10.6 Å². The minimum atomic E-state index is -0.373. The van der Waals surface area contributed by atoms with Crippen LogP contribution in [0.15, 0.2) is 70.0 Å². The molecule has 3 aromatic rings. The number of nitrogens with one attached hydrogen (secondary N) is 1. The molecule has 3 rings (SSSR count). The molecule has 0 heterocycles. The van der Waals surface area contributed by atoms with Crippen molar-refractivity contribution < 1.29 is 9.13 Å². The first-order chi connectivity index (χ1) is 12.6. The number of ether oxygens (including phenoxy) is 1. The van der Waals surface area contributed by atoms with E-state index in [1.54, 1.807) is 17.8 Å². The summed E-state index contributed by atoms with van der Waals surface area (Å²) in [6.45, 7) is 0. The van der Waals surface area contributed by atoms with E-state index in [2.05, 4.69) is 33.4 Å². The Morgan fingerprint density at radius 3 is 2.54 bits per heavy atom. The molecule has 26 heavy (non-hydrogen) atoms. The Morgan fingerprint density at radius 2 is 1.85 bits per heavy atom. The van der Waals surface area contributed by atoms with Gasteiger partial charge in [-0.1, -0.05) is 30.3 Å². The third-order valence-corrected chi connectivity index (χ3v) is 5.46. The van der Waals surface area contributed by atoms with E-state index in [4.69, 9.17) is 10.5 Å². The smallest absolute Gasteiger partial charge is 0.143 e. The SMILES string of the molecule is COc1cc(Br)c(F)cc1Nc1ccc(SCc2ccccc2)cc1N. The molecule has 0 atom stereocenters. The number of benzene rings is 3. The molecule has 0 fully saturated rings. The molecule has 0 bridgehead atoms. The second kappa shape index (κ2) is 8.47. The summed E-state index contributed by atoms with van der Waals surface area (Å²) in [5.74, 6) is 1.03. The van der Waals surface area contributed by atoms with Crippen molar-refractivity contribution in [2.75, 3.05) is 18.2 Å². The normalized spacial score (nSPS) is 10.6. The third-order valence-electron chi connectivity index (χ3n) is 3.78. The first-order valence-electron chi connectivity index (χ1n) is 7.93. The van der Waals surface area contributed by atoms with Crippen LogP contribution in [-0.4, -0.2) is 7.11 Å². The third kappa shape index (κ3) is 4.51. The van der Waals surface area contributed by atoms with Gasteiger partial charge in [0.05, 0.1) is 28.6 Å². The molecule has 0 amide bonds. The van der Waals surface area contributed by atoms with Crippen molar-refractivity contribution in [1.29, 1.82) is 0 Å². The van der Waals surface area contributed by atoms with Crippen LogP contribution in [0.2, 0.25) is 0 Å². The summed E-state index contributed by atoms with van der Waals surface area (Å²) in [7, 11) is 1.54. The first kappa shape index (κ1) is 18.6. The second-order valence-electron chi connectivity index (χ2n) is 5.61. The molecule has 3 nitrogen and oxygen atoms in total. The Labute approximate surface area is 164 Å². The lowest BCUT2D eigenvalue weighted by molar-refractivity contribution is 0.415. The van der Waals surface area contributed by atoms with E-state index in [9.17, 15) is 4.39 Å². The maximum atomic E-state index is 13.8. The monoisotopic (exact) mass is 432 g/mol. The summed E-state index contributed by atoms with van der Waals surface area (Å²) in [6.07, 6.45) is 0. The predicted molar refractivity (Wildman–Crippen MR) is 111 cm³/mol. The molecule has 3 aromatic carbocycles. The Balaban J connectivity index is 1.75. The molecule has 0 aliphatic heterocycles. The van der Waals surface area contributed by atoms with Crippen LogP contribution in [0.3, 0.4) is 0 Å². The van der Waals surface area contributed by atoms with Crippen LogP contribution in [0.5, 0.6) is 5.75 Å². The molecule has 0 spiro atoms. The van der Waals surface area contributed by atoms with Gasteiger partial charge >= 0.3 is 0 Å². The van der Waals surface area contributed by atoms with Crippen LogP contribution in [0, 0.1) is 5.82 Å². The molecule has 0 aliphatic rings. The van der Waals surface area contributed by atoms with Gasteiger partial charge in [0.15, 0.2) is 0 Å². The lowest BCUT2D eigenvalue weighted by Gasteiger charge is -2.14. The Morgan fingerprint density at radius 1 is 1.08 bits per heavy atom. The molecule has 0 unspecified atom stereocenters. The highest BCUT2D eigenvalue weighted by Crippen LogP contribution is 2.35. The summed E-state index contributed by atoms with van der Waals surface area (Å²) < 4.78 is 19.5. The number of rotatable bonds is 6. The van der Waals surface area contributed by atoms with Gasteiger partial charge in [-0.2, -0.15) is 0 Å². The maximum absolute atomic E-state index is 13.8. The predicted octanol–water partition coefficient (Wildman–Crippen LogP) is 6.21. The number of anilines is 3. The number of thioether (sulfide) groups is 1. The van der Waals surface area contributed by atoms with Crippen LogP contribution in [0.25, 0.3) is 0 Å². The fraction of sp³-hybridized carbons (Fsp3) is 0.100. The largest absolute Gasteiger partial charge is 0.495 e. The van der Waals surface area contributed by atoms with Gasteiger partial charge in [-0.3, -0.25) is 0 Å². The second-order valence-corrected chi connectivity index (χ2v) is 7.52. The molecule has 0 aliphatic carbocycles. The Hall–Kier alpha value is -2.18. The molecule has 0 aromatic heterocycles. The minimum absolute atomic E-state index is 0.348. The van der Waals surface area contributed by atoms with Gasteiger partial charge in [-0.05, 0) is 45.8 Å². The van der Waals surface area contributed by atoms with Crippen molar-refractivity contribution in [3.05, 3.63) is 76.5 Å². The Bertz CT molecular complexity index is 906. The summed E-state index contributed by atoms with van der Waals surface area (Å²) in [5.41, 5.74) is 9.25. The Kier molecular flexibility index (Phi) is 6.06. The molecule has 6 heteroatoms. The zero-order chi connectivity index (χ0) is 18.5. The fourth-order valence-corrected chi connectivity index (χ4v) is 3.65. The molecular weight excluding hydrogens is 415 g/mol. The van der Waals surface area contributed by atoms with Gasteiger partial charge in [-0.15, -0.1) is 11.8 Å². The highest BCUT2D eigenvalue weighted by molar-refractivity contribution is 9.10. The number of nitrogen functional groups attached to an aromatic ring is 1. The van der Waals surface area contributed by atoms with Gasteiger partial charge in [0.1, 0.15) is 11.6 Å². The lowest BCUT2D eigenvalue weighted by Crippen LogP contribution is -1.99.